The molecule has 6 unspecified atom stereocenters. The van der Waals surface area contributed by atoms with E-state index in [2.05, 4.69) is 20.8 Å². The first-order valence-corrected chi connectivity index (χ1v) is 26.0. The average Bonchev–Trinajstić information content (AvgIpc) is 3.26. The largest absolute Gasteiger partial charge is 0.479 e. The van der Waals surface area contributed by atoms with E-state index in [1.54, 1.807) is 0 Å². The highest BCUT2D eigenvalue weighted by molar-refractivity contribution is 5.74. The Morgan fingerprint density at radius 3 is 1.19 bits per heavy atom. The van der Waals surface area contributed by atoms with Gasteiger partial charge in [-0.05, 0) is 19.3 Å². The maximum Gasteiger partial charge on any atom is 0.335 e. The number of esters is 3. The van der Waals surface area contributed by atoms with Crippen LogP contribution in [0.3, 0.4) is 0 Å². The Morgan fingerprint density at radius 2 is 0.810 bits per heavy atom. The number of ether oxygens (including phenoxy) is 5. The molecule has 1 fully saturated rings. The summed E-state index contributed by atoms with van der Waals surface area (Å²) in [6, 6.07) is 0. The Morgan fingerprint density at radius 1 is 0.460 bits per heavy atom. The molecule has 63 heavy (non-hydrogen) atoms. The summed E-state index contributed by atoms with van der Waals surface area (Å²) in [5.74, 6) is -3.09. The van der Waals surface area contributed by atoms with Crippen LogP contribution in [-0.2, 0) is 42.9 Å². The summed E-state index contributed by atoms with van der Waals surface area (Å²) in [6.45, 7) is 5.95. The summed E-state index contributed by atoms with van der Waals surface area (Å²) in [4.78, 5) is 50.6. The van der Waals surface area contributed by atoms with E-state index < -0.39 is 67.3 Å². The van der Waals surface area contributed by atoms with E-state index >= 15 is 0 Å². The van der Waals surface area contributed by atoms with Crippen LogP contribution in [0.4, 0.5) is 0 Å². The van der Waals surface area contributed by atoms with Crippen LogP contribution in [0.5, 0.6) is 0 Å². The van der Waals surface area contributed by atoms with Gasteiger partial charge in [-0.3, -0.25) is 14.4 Å². The predicted octanol–water partition coefficient (Wildman–Crippen LogP) is 12.0. The molecule has 1 saturated heterocycles. The molecule has 1 heterocycles. The van der Waals surface area contributed by atoms with E-state index in [0.717, 1.165) is 64.2 Å². The molecule has 0 spiro atoms. The number of rotatable bonds is 44. The minimum atomic E-state index is -1.89. The van der Waals surface area contributed by atoms with Crippen molar-refractivity contribution in [3.05, 3.63) is 0 Å². The lowest BCUT2D eigenvalue weighted by Crippen LogP contribution is -2.61. The number of hydrogen-bond donors (Lipinski definition) is 3. The van der Waals surface area contributed by atoms with Crippen LogP contribution < -0.4 is 0 Å². The second kappa shape index (κ2) is 41.2. The number of aliphatic hydroxyl groups excluding tert-OH is 2. The summed E-state index contributed by atoms with van der Waals surface area (Å²) in [5, 5.41) is 31.2. The van der Waals surface area contributed by atoms with Crippen LogP contribution in [0.1, 0.15) is 252 Å². The Bertz CT molecular complexity index is 1120. The Hall–Kier alpha value is -2.28. The first-order chi connectivity index (χ1) is 30.6. The van der Waals surface area contributed by atoms with Crippen molar-refractivity contribution in [1.82, 2.24) is 0 Å². The molecule has 0 aromatic carbocycles. The molecule has 370 valence electrons. The highest BCUT2D eigenvalue weighted by Crippen LogP contribution is 2.26. The summed E-state index contributed by atoms with van der Waals surface area (Å²) in [5.41, 5.74) is 0. The normalized spacial score (nSPS) is 19.2. The van der Waals surface area contributed by atoms with Crippen molar-refractivity contribution in [1.29, 1.82) is 0 Å². The van der Waals surface area contributed by atoms with Crippen molar-refractivity contribution in [3.8, 4) is 0 Å². The molecule has 0 saturated carbocycles. The number of unbranched alkanes of at least 4 members (excludes halogenated alkanes) is 30. The molecule has 3 N–H and O–H groups in total. The fraction of sp³-hybridized carbons (Fsp3) is 0.922. The van der Waals surface area contributed by atoms with Crippen LogP contribution in [0, 0.1) is 0 Å². The molecule has 12 heteroatoms. The van der Waals surface area contributed by atoms with Gasteiger partial charge in [-0.1, -0.05) is 213 Å². The number of carboxylic acids is 1. The first kappa shape index (κ1) is 58.7. The summed E-state index contributed by atoms with van der Waals surface area (Å²) in [6.07, 6.45) is 28.2. The number of hydrogen-bond acceptors (Lipinski definition) is 11. The molecule has 1 aliphatic heterocycles. The van der Waals surface area contributed by atoms with Crippen molar-refractivity contribution < 1.29 is 58.2 Å². The third-order valence-corrected chi connectivity index (χ3v) is 12.2. The topological polar surface area (TPSA) is 175 Å². The van der Waals surface area contributed by atoms with E-state index in [0.29, 0.717) is 19.3 Å². The van der Waals surface area contributed by atoms with Crippen molar-refractivity contribution in [2.45, 2.75) is 289 Å². The lowest BCUT2D eigenvalue weighted by atomic mass is 9.98. The Kier molecular flexibility index (Phi) is 38.4. The Balaban J connectivity index is 2.71. The zero-order chi connectivity index (χ0) is 46.2. The van der Waals surface area contributed by atoms with Gasteiger partial charge in [0.25, 0.3) is 0 Å². The lowest BCUT2D eigenvalue weighted by Gasteiger charge is -2.40. The van der Waals surface area contributed by atoms with Gasteiger partial charge in [-0.15, -0.1) is 0 Å². The summed E-state index contributed by atoms with van der Waals surface area (Å²) in [7, 11) is 0. The molecule has 0 amide bonds. The summed E-state index contributed by atoms with van der Waals surface area (Å²) < 4.78 is 28.2. The van der Waals surface area contributed by atoms with Crippen LogP contribution in [0.25, 0.3) is 0 Å². The van der Waals surface area contributed by atoms with Crippen molar-refractivity contribution in [2.75, 3.05) is 13.2 Å². The van der Waals surface area contributed by atoms with Gasteiger partial charge in [0.2, 0.25) is 0 Å². The van der Waals surface area contributed by atoms with Gasteiger partial charge < -0.3 is 39.0 Å². The maximum atomic E-state index is 13.0. The van der Waals surface area contributed by atoms with Gasteiger partial charge in [-0.2, -0.15) is 0 Å². The third kappa shape index (κ3) is 32.1. The molecule has 1 rings (SSSR count). The number of carboxylic acid groups (broad SMARTS) is 1. The van der Waals surface area contributed by atoms with Crippen LogP contribution in [0.15, 0.2) is 0 Å². The average molecular weight is 899 g/mol. The first-order valence-electron chi connectivity index (χ1n) is 26.0. The number of carbonyl (C=O) groups is 4. The Labute approximate surface area is 383 Å². The molecule has 0 aromatic heterocycles. The van der Waals surface area contributed by atoms with Gasteiger partial charge in [0.15, 0.2) is 24.6 Å². The van der Waals surface area contributed by atoms with E-state index in [9.17, 15) is 34.5 Å². The fourth-order valence-electron chi connectivity index (χ4n) is 8.13. The van der Waals surface area contributed by atoms with Gasteiger partial charge in [0, 0.05) is 19.3 Å². The fourth-order valence-corrected chi connectivity index (χ4v) is 8.13. The molecule has 1 aliphatic rings. The standard InChI is InChI=1S/C51H94O12/c1-4-7-10-13-16-19-21-22-24-26-28-31-34-37-43(52)59-40-42(61-44(53)38-35-32-29-25-18-15-12-9-6-3)41-60-51-49(47(56)46(55)48(63-51)50(57)58)62-45(54)39-36-33-30-27-23-20-17-14-11-8-5-2/h42,46-49,51,55-56H,4-41H2,1-3H3,(H,57,58). The molecule has 12 nitrogen and oxygen atoms in total. The van der Waals surface area contributed by atoms with Gasteiger partial charge in [-0.25, -0.2) is 4.79 Å². The molecule has 0 bridgehead atoms. The molecule has 0 aromatic rings. The van der Waals surface area contributed by atoms with Crippen LogP contribution >= 0.6 is 0 Å². The maximum absolute atomic E-state index is 13.0. The highest BCUT2D eigenvalue weighted by Gasteiger charge is 2.50. The van der Waals surface area contributed by atoms with Gasteiger partial charge in [0.05, 0.1) is 6.61 Å². The molecule has 6 atom stereocenters. The smallest absolute Gasteiger partial charge is 0.335 e. The predicted molar refractivity (Wildman–Crippen MR) is 248 cm³/mol. The highest BCUT2D eigenvalue weighted by atomic mass is 16.7. The molecule has 0 radical (unpaired) electrons. The lowest BCUT2D eigenvalue weighted by molar-refractivity contribution is -0.301. The zero-order valence-electron chi connectivity index (χ0n) is 40.4. The monoisotopic (exact) mass is 899 g/mol. The van der Waals surface area contributed by atoms with Crippen molar-refractivity contribution in [2.24, 2.45) is 0 Å². The third-order valence-electron chi connectivity index (χ3n) is 12.2. The van der Waals surface area contributed by atoms with Crippen molar-refractivity contribution in [3.63, 3.8) is 0 Å². The second-order valence-corrected chi connectivity index (χ2v) is 18.2. The number of aliphatic carboxylic acids is 1. The van der Waals surface area contributed by atoms with Gasteiger partial charge >= 0.3 is 23.9 Å². The second-order valence-electron chi connectivity index (χ2n) is 18.2. The number of carbonyl (C=O) groups excluding carboxylic acids is 3. The van der Waals surface area contributed by atoms with E-state index in [4.69, 9.17) is 23.7 Å². The molecular formula is C51H94O12. The van der Waals surface area contributed by atoms with Crippen LogP contribution in [-0.4, -0.2) is 89.2 Å². The quantitative estimate of drug-likeness (QED) is 0.0300. The molecule has 0 aliphatic carbocycles. The zero-order valence-corrected chi connectivity index (χ0v) is 40.4. The molecular weight excluding hydrogens is 805 g/mol. The minimum absolute atomic E-state index is 0.0692. The van der Waals surface area contributed by atoms with E-state index in [-0.39, 0.29) is 25.9 Å². The van der Waals surface area contributed by atoms with Crippen molar-refractivity contribution >= 4 is 23.9 Å². The SMILES string of the molecule is CCCCCCCCCCCCCCCC(=O)OCC(COC1OC(C(=O)O)C(O)C(O)C1OC(=O)CCCCCCCCCCCCC)OC(=O)CCCCCCCCCCC. The minimum Gasteiger partial charge on any atom is -0.479 e. The van der Waals surface area contributed by atoms with Gasteiger partial charge in [0.1, 0.15) is 18.8 Å². The van der Waals surface area contributed by atoms with E-state index in [1.165, 1.54) is 128 Å². The summed E-state index contributed by atoms with van der Waals surface area (Å²) >= 11 is 0. The van der Waals surface area contributed by atoms with Crippen LogP contribution in [0.2, 0.25) is 0 Å². The van der Waals surface area contributed by atoms with E-state index in [1.807, 2.05) is 0 Å². The number of aliphatic hydroxyl groups is 2.